The summed E-state index contributed by atoms with van der Waals surface area (Å²) in [4.78, 5) is 0. The highest BCUT2D eigenvalue weighted by Crippen LogP contribution is 2.44. The van der Waals surface area contributed by atoms with Crippen molar-refractivity contribution in [3.63, 3.8) is 0 Å². The van der Waals surface area contributed by atoms with E-state index in [1.807, 2.05) is 0 Å². The van der Waals surface area contributed by atoms with E-state index in [1.165, 1.54) is 83.1 Å². The molecule has 0 bridgehead atoms. The predicted octanol–water partition coefficient (Wildman–Crippen LogP) is 8.76. The molecule has 0 aromatic heterocycles. The molecule has 4 fully saturated rings. The Balaban J connectivity index is 1.11. The molecule has 0 aromatic rings. The van der Waals surface area contributed by atoms with Gasteiger partial charge in [-0.1, -0.05) is 45.4 Å². The molecule has 2 nitrogen and oxygen atoms in total. The van der Waals surface area contributed by atoms with Gasteiger partial charge in [0, 0.05) is 11.8 Å². The van der Waals surface area contributed by atoms with Crippen molar-refractivity contribution in [2.24, 2.45) is 41.4 Å². The summed E-state index contributed by atoms with van der Waals surface area (Å²) in [5, 5.41) is 0. The minimum Gasteiger partial charge on any atom is -0.352 e. The first-order chi connectivity index (χ1) is 16.1. The summed E-state index contributed by atoms with van der Waals surface area (Å²) in [7, 11) is 0. The van der Waals surface area contributed by atoms with Gasteiger partial charge < -0.3 is 9.47 Å². The Morgan fingerprint density at radius 3 is 1.76 bits per heavy atom. The average molecular weight is 467 g/mol. The molecule has 33 heavy (non-hydrogen) atoms. The van der Waals surface area contributed by atoms with E-state index in [9.17, 15) is 8.78 Å². The maximum Gasteiger partial charge on any atom is 0.266 e. The quantitative estimate of drug-likeness (QED) is 0.333. The van der Waals surface area contributed by atoms with Gasteiger partial charge in [0.25, 0.3) is 6.08 Å². The molecule has 3 aliphatic carbocycles. The van der Waals surface area contributed by atoms with Crippen molar-refractivity contribution in [1.29, 1.82) is 0 Å². The minimum atomic E-state index is -1.50. The van der Waals surface area contributed by atoms with Crippen molar-refractivity contribution in [2.45, 2.75) is 116 Å². The van der Waals surface area contributed by atoms with E-state index in [2.05, 4.69) is 6.92 Å². The van der Waals surface area contributed by atoms with Crippen LogP contribution in [0.1, 0.15) is 110 Å². The van der Waals surface area contributed by atoms with E-state index in [4.69, 9.17) is 9.47 Å². The van der Waals surface area contributed by atoms with Crippen LogP contribution in [-0.2, 0) is 9.47 Å². The zero-order chi connectivity index (χ0) is 23.0. The summed E-state index contributed by atoms with van der Waals surface area (Å²) in [6.45, 7) is 4.10. The Morgan fingerprint density at radius 1 is 0.667 bits per heavy atom. The molecule has 1 saturated heterocycles. The zero-order valence-corrected chi connectivity index (χ0v) is 21.0. The third-order valence-corrected chi connectivity index (χ3v) is 9.77. The lowest BCUT2D eigenvalue weighted by Gasteiger charge is -2.42. The minimum absolute atomic E-state index is 0.0148. The molecule has 4 rings (SSSR count). The third kappa shape index (κ3) is 7.50. The van der Waals surface area contributed by atoms with Crippen molar-refractivity contribution < 1.29 is 18.3 Å². The Kier molecular flexibility index (Phi) is 10.1. The summed E-state index contributed by atoms with van der Waals surface area (Å²) in [6, 6.07) is 0. The van der Waals surface area contributed by atoms with E-state index < -0.39 is 6.08 Å². The van der Waals surface area contributed by atoms with Crippen LogP contribution in [0.2, 0.25) is 0 Å². The normalized spacial score (nSPS) is 40.3. The fourth-order valence-corrected chi connectivity index (χ4v) is 7.56. The maximum absolute atomic E-state index is 12.5. The van der Waals surface area contributed by atoms with Gasteiger partial charge >= 0.3 is 0 Å². The van der Waals surface area contributed by atoms with Crippen LogP contribution in [0.25, 0.3) is 0 Å². The molecule has 4 aliphatic rings. The van der Waals surface area contributed by atoms with Crippen LogP contribution in [0.15, 0.2) is 12.2 Å². The summed E-state index contributed by atoms with van der Waals surface area (Å²) >= 11 is 0. The molecule has 1 aliphatic heterocycles. The van der Waals surface area contributed by atoms with Gasteiger partial charge in [-0.15, -0.1) is 0 Å². The van der Waals surface area contributed by atoms with Gasteiger partial charge in [0.05, 0.1) is 13.2 Å². The summed E-state index contributed by atoms with van der Waals surface area (Å²) < 4.78 is 37.7. The molecule has 0 amide bonds. The number of unbranched alkanes of at least 4 members (excludes halogenated alkanes) is 2. The summed E-state index contributed by atoms with van der Waals surface area (Å²) in [5.74, 6) is 4.57. The SMILES string of the molecule is CCCCCC1CCC(C2COC(C3CCC(C4CCC(C=C(F)F)CC4)CC3)OC2)CC1. The standard InChI is InChI=1S/C29H48F2O2/c1-2-3-4-5-21-6-10-25(11-7-21)27-19-32-29(33-20-27)26-16-14-24(15-17-26)23-12-8-22(9-13-23)18-28(30)31/h18,21-27,29H,2-17,19-20H2,1H3. The van der Waals surface area contributed by atoms with Crippen LogP contribution >= 0.6 is 0 Å². The van der Waals surface area contributed by atoms with Crippen molar-refractivity contribution in [2.75, 3.05) is 13.2 Å². The maximum atomic E-state index is 12.5. The van der Waals surface area contributed by atoms with Crippen LogP contribution in [0.3, 0.4) is 0 Å². The Labute approximate surface area is 201 Å². The van der Waals surface area contributed by atoms with E-state index in [0.29, 0.717) is 11.8 Å². The number of halogens is 2. The predicted molar refractivity (Wildman–Crippen MR) is 130 cm³/mol. The monoisotopic (exact) mass is 466 g/mol. The summed E-state index contributed by atoms with van der Waals surface area (Å²) in [5.41, 5.74) is 0. The number of ether oxygens (including phenoxy) is 2. The topological polar surface area (TPSA) is 18.5 Å². The van der Waals surface area contributed by atoms with Gasteiger partial charge in [0.15, 0.2) is 6.29 Å². The number of rotatable bonds is 8. The van der Waals surface area contributed by atoms with Gasteiger partial charge in [-0.2, -0.15) is 8.78 Å². The van der Waals surface area contributed by atoms with Gasteiger partial charge in [-0.3, -0.25) is 0 Å². The molecule has 1 heterocycles. The first-order valence-corrected chi connectivity index (χ1v) is 14.4. The zero-order valence-electron chi connectivity index (χ0n) is 21.0. The number of allylic oxidation sites excluding steroid dienone is 1. The van der Waals surface area contributed by atoms with Gasteiger partial charge in [-0.05, 0) is 99.9 Å². The second kappa shape index (κ2) is 13.0. The molecule has 0 spiro atoms. The summed E-state index contributed by atoms with van der Waals surface area (Å²) in [6.07, 6.45) is 20.0. The number of hydrogen-bond acceptors (Lipinski definition) is 2. The first kappa shape index (κ1) is 25.6. The molecular formula is C29H48F2O2. The van der Waals surface area contributed by atoms with Crippen LogP contribution < -0.4 is 0 Å². The molecule has 190 valence electrons. The lowest BCUT2D eigenvalue weighted by Crippen LogP contribution is -2.41. The van der Waals surface area contributed by atoms with Crippen LogP contribution in [0.5, 0.6) is 0 Å². The highest BCUT2D eigenvalue weighted by Gasteiger charge is 2.37. The van der Waals surface area contributed by atoms with Crippen LogP contribution in [-0.4, -0.2) is 19.5 Å². The lowest BCUT2D eigenvalue weighted by molar-refractivity contribution is -0.237. The van der Waals surface area contributed by atoms with Crippen LogP contribution in [0.4, 0.5) is 8.78 Å². The molecule has 0 radical (unpaired) electrons. The van der Waals surface area contributed by atoms with Crippen molar-refractivity contribution >= 4 is 0 Å². The molecule has 0 aromatic carbocycles. The molecule has 0 N–H and O–H groups in total. The molecular weight excluding hydrogens is 418 g/mol. The Hall–Kier alpha value is -0.480. The fraction of sp³-hybridized carbons (Fsp3) is 0.931. The van der Waals surface area contributed by atoms with Gasteiger partial charge in [-0.25, -0.2) is 0 Å². The van der Waals surface area contributed by atoms with Crippen molar-refractivity contribution in [1.82, 2.24) is 0 Å². The largest absolute Gasteiger partial charge is 0.352 e. The molecule has 0 unspecified atom stereocenters. The molecule has 0 atom stereocenters. The van der Waals surface area contributed by atoms with Gasteiger partial charge in [0.2, 0.25) is 0 Å². The number of hydrogen-bond donors (Lipinski definition) is 0. The third-order valence-electron chi connectivity index (χ3n) is 9.77. The first-order valence-electron chi connectivity index (χ1n) is 14.4. The van der Waals surface area contributed by atoms with E-state index in [-0.39, 0.29) is 12.2 Å². The lowest BCUT2D eigenvalue weighted by atomic mass is 9.69. The van der Waals surface area contributed by atoms with Crippen molar-refractivity contribution in [3.8, 4) is 0 Å². The molecule has 4 heteroatoms. The van der Waals surface area contributed by atoms with E-state index >= 15 is 0 Å². The Morgan fingerprint density at radius 2 is 1.18 bits per heavy atom. The Bertz CT molecular complexity index is 572. The fourth-order valence-electron chi connectivity index (χ4n) is 7.56. The highest BCUT2D eigenvalue weighted by atomic mass is 19.3. The van der Waals surface area contributed by atoms with Crippen molar-refractivity contribution in [3.05, 3.63) is 12.2 Å². The van der Waals surface area contributed by atoms with E-state index in [0.717, 1.165) is 62.6 Å². The smallest absolute Gasteiger partial charge is 0.266 e. The second-order valence-electron chi connectivity index (χ2n) is 11.9. The average Bonchev–Trinajstić information content (AvgIpc) is 2.85. The second-order valence-corrected chi connectivity index (χ2v) is 11.9. The van der Waals surface area contributed by atoms with Gasteiger partial charge in [0.1, 0.15) is 0 Å². The highest BCUT2D eigenvalue weighted by molar-refractivity contribution is 4.92. The van der Waals surface area contributed by atoms with E-state index in [1.54, 1.807) is 0 Å². The molecule has 3 saturated carbocycles. The van der Waals surface area contributed by atoms with Crippen LogP contribution in [0, 0.1) is 41.4 Å².